The third kappa shape index (κ3) is 2.69. The van der Waals surface area contributed by atoms with Crippen LogP contribution in [-0.2, 0) is 5.75 Å². The number of benzene rings is 2. The van der Waals surface area contributed by atoms with Gasteiger partial charge in [-0.3, -0.25) is 0 Å². The number of carbonyl (C=O) groups is 1. The first kappa shape index (κ1) is 14.6. The summed E-state index contributed by atoms with van der Waals surface area (Å²) in [4.78, 5) is 18.8. The van der Waals surface area contributed by atoms with E-state index in [0.29, 0.717) is 16.6 Å². The molecule has 4 aromatic rings. The molecule has 0 saturated heterocycles. The van der Waals surface area contributed by atoms with E-state index in [9.17, 15) is 4.79 Å². The Bertz CT molecular complexity index is 1060. The lowest BCUT2D eigenvalue weighted by Gasteiger charge is -2.02. The van der Waals surface area contributed by atoms with Crippen molar-refractivity contribution in [2.24, 2.45) is 0 Å². The molecule has 0 spiro atoms. The third-order valence-electron chi connectivity index (χ3n) is 3.64. The van der Waals surface area contributed by atoms with Gasteiger partial charge in [0, 0.05) is 16.7 Å². The number of hydrogen-bond acceptors (Lipinski definition) is 5. The van der Waals surface area contributed by atoms with Gasteiger partial charge in [-0.2, -0.15) is 0 Å². The fourth-order valence-corrected chi connectivity index (χ4v) is 3.24. The van der Waals surface area contributed by atoms with E-state index in [-0.39, 0.29) is 5.56 Å². The summed E-state index contributed by atoms with van der Waals surface area (Å²) in [5.41, 5.74) is 3.61. The molecule has 0 atom stereocenters. The number of aromatic nitrogens is 4. The van der Waals surface area contributed by atoms with Crippen molar-refractivity contribution in [1.29, 1.82) is 0 Å². The van der Waals surface area contributed by atoms with Gasteiger partial charge in [0.2, 0.25) is 5.16 Å². The van der Waals surface area contributed by atoms with Crippen LogP contribution in [0.5, 0.6) is 0 Å². The normalized spacial score (nSPS) is 11.2. The number of carboxylic acid groups (broad SMARTS) is 1. The standard InChI is InChI=1S/C17H12N4O2S/c22-16(23)11-5-3-4-10(8-11)9-24-17-19-15-14(20-21-17)12-6-1-2-7-13(12)18-15/h1-8H,9H2,(H,22,23)(H,18,19,21). The molecule has 4 rings (SSSR count). The van der Waals surface area contributed by atoms with Gasteiger partial charge in [-0.15, -0.1) is 10.2 Å². The average Bonchev–Trinajstić information content (AvgIpc) is 2.98. The van der Waals surface area contributed by atoms with Crippen LogP contribution in [0.4, 0.5) is 0 Å². The van der Waals surface area contributed by atoms with Gasteiger partial charge < -0.3 is 10.1 Å². The molecular formula is C17H12N4O2S. The number of aromatic carboxylic acids is 1. The van der Waals surface area contributed by atoms with Crippen LogP contribution < -0.4 is 0 Å². The highest BCUT2D eigenvalue weighted by Gasteiger charge is 2.09. The summed E-state index contributed by atoms with van der Waals surface area (Å²) in [5.74, 6) is -0.353. The first-order valence-electron chi connectivity index (χ1n) is 7.27. The van der Waals surface area contributed by atoms with Gasteiger partial charge in [-0.25, -0.2) is 9.78 Å². The molecule has 2 heterocycles. The van der Waals surface area contributed by atoms with E-state index in [1.807, 2.05) is 30.3 Å². The summed E-state index contributed by atoms with van der Waals surface area (Å²) in [7, 11) is 0. The molecule has 0 saturated carbocycles. The number of para-hydroxylation sites is 1. The molecule has 0 aliphatic rings. The summed E-state index contributed by atoms with van der Waals surface area (Å²) < 4.78 is 0. The lowest BCUT2D eigenvalue weighted by atomic mass is 10.1. The fourth-order valence-electron chi connectivity index (χ4n) is 2.51. The predicted octanol–water partition coefficient (Wildman–Crippen LogP) is 3.50. The number of thioether (sulfide) groups is 1. The molecule has 24 heavy (non-hydrogen) atoms. The van der Waals surface area contributed by atoms with Crippen molar-refractivity contribution < 1.29 is 9.90 Å². The molecule has 6 nitrogen and oxygen atoms in total. The van der Waals surface area contributed by atoms with Gasteiger partial charge in [0.25, 0.3) is 0 Å². The summed E-state index contributed by atoms with van der Waals surface area (Å²) in [6, 6.07) is 14.7. The number of nitrogens with one attached hydrogen (secondary N) is 1. The van der Waals surface area contributed by atoms with E-state index >= 15 is 0 Å². The highest BCUT2D eigenvalue weighted by Crippen LogP contribution is 2.24. The van der Waals surface area contributed by atoms with Crippen LogP contribution in [0.25, 0.3) is 22.1 Å². The summed E-state index contributed by atoms with van der Waals surface area (Å²) >= 11 is 1.42. The SMILES string of the molecule is O=C(O)c1cccc(CSc2nnc3c(n2)[nH]c2ccccc23)c1. The predicted molar refractivity (Wildman–Crippen MR) is 92.2 cm³/mol. The second-order valence-electron chi connectivity index (χ2n) is 5.26. The van der Waals surface area contributed by atoms with Crippen molar-refractivity contribution in [3.05, 3.63) is 59.7 Å². The largest absolute Gasteiger partial charge is 0.478 e. The maximum Gasteiger partial charge on any atom is 0.335 e. The van der Waals surface area contributed by atoms with Crippen LogP contribution in [0.3, 0.4) is 0 Å². The van der Waals surface area contributed by atoms with E-state index < -0.39 is 5.97 Å². The monoisotopic (exact) mass is 336 g/mol. The number of rotatable bonds is 4. The van der Waals surface area contributed by atoms with E-state index in [1.54, 1.807) is 18.2 Å². The third-order valence-corrected chi connectivity index (χ3v) is 4.55. The molecule has 0 bridgehead atoms. The van der Waals surface area contributed by atoms with Gasteiger partial charge in [0.05, 0.1) is 5.56 Å². The zero-order valence-corrected chi connectivity index (χ0v) is 13.2. The molecule has 0 fully saturated rings. The number of aromatic amines is 1. The van der Waals surface area contributed by atoms with Gasteiger partial charge in [-0.05, 0) is 23.8 Å². The topological polar surface area (TPSA) is 91.8 Å². The highest BCUT2D eigenvalue weighted by atomic mass is 32.2. The number of fused-ring (bicyclic) bond motifs is 3. The molecule has 7 heteroatoms. The second-order valence-corrected chi connectivity index (χ2v) is 6.20. The van der Waals surface area contributed by atoms with Crippen LogP contribution in [0.1, 0.15) is 15.9 Å². The Kier molecular flexibility index (Phi) is 3.62. The summed E-state index contributed by atoms with van der Waals surface area (Å²) in [5, 5.41) is 19.0. The fraction of sp³-hybridized carbons (Fsp3) is 0.0588. The van der Waals surface area contributed by atoms with Crippen molar-refractivity contribution in [2.45, 2.75) is 10.9 Å². The minimum absolute atomic E-state index is 0.276. The minimum atomic E-state index is -0.931. The number of nitrogens with zero attached hydrogens (tertiary/aromatic N) is 3. The Labute approximate surface area is 140 Å². The molecule has 0 amide bonds. The van der Waals surface area contributed by atoms with Crippen molar-refractivity contribution in [3.8, 4) is 0 Å². The van der Waals surface area contributed by atoms with Gasteiger partial charge >= 0.3 is 5.97 Å². The lowest BCUT2D eigenvalue weighted by molar-refractivity contribution is 0.0697. The van der Waals surface area contributed by atoms with Crippen LogP contribution in [0.2, 0.25) is 0 Å². The maximum atomic E-state index is 11.0. The molecule has 2 aromatic carbocycles. The van der Waals surface area contributed by atoms with E-state index in [0.717, 1.165) is 22.0 Å². The second kappa shape index (κ2) is 5.93. The molecule has 0 radical (unpaired) electrons. The lowest BCUT2D eigenvalue weighted by Crippen LogP contribution is -1.97. The first-order chi connectivity index (χ1) is 11.7. The number of carboxylic acids is 1. The van der Waals surface area contributed by atoms with Gasteiger partial charge in [-0.1, -0.05) is 42.1 Å². The molecular weight excluding hydrogens is 324 g/mol. The quantitative estimate of drug-likeness (QED) is 0.554. The van der Waals surface area contributed by atoms with Crippen molar-refractivity contribution >= 4 is 39.8 Å². The molecule has 118 valence electrons. The Balaban J connectivity index is 1.59. The van der Waals surface area contributed by atoms with E-state index in [2.05, 4.69) is 20.2 Å². The Hall–Kier alpha value is -2.93. The molecule has 0 unspecified atom stereocenters. The van der Waals surface area contributed by atoms with Crippen molar-refractivity contribution in [2.75, 3.05) is 0 Å². The van der Waals surface area contributed by atoms with Crippen molar-refractivity contribution in [3.63, 3.8) is 0 Å². The van der Waals surface area contributed by atoms with Gasteiger partial charge in [0.15, 0.2) is 5.65 Å². The van der Waals surface area contributed by atoms with E-state index in [1.165, 1.54) is 11.8 Å². The van der Waals surface area contributed by atoms with Gasteiger partial charge in [0.1, 0.15) is 5.52 Å². The minimum Gasteiger partial charge on any atom is -0.478 e. The average molecular weight is 336 g/mol. The van der Waals surface area contributed by atoms with Crippen LogP contribution in [0.15, 0.2) is 53.7 Å². The van der Waals surface area contributed by atoms with Crippen molar-refractivity contribution in [1.82, 2.24) is 20.2 Å². The zero-order chi connectivity index (χ0) is 16.5. The zero-order valence-electron chi connectivity index (χ0n) is 12.4. The van der Waals surface area contributed by atoms with Crippen LogP contribution in [0, 0.1) is 0 Å². The molecule has 2 N–H and O–H groups in total. The van der Waals surface area contributed by atoms with Crippen LogP contribution >= 0.6 is 11.8 Å². The molecule has 2 aromatic heterocycles. The Morgan fingerprint density at radius 1 is 1.12 bits per heavy atom. The van der Waals surface area contributed by atoms with Crippen LogP contribution in [-0.4, -0.2) is 31.2 Å². The summed E-state index contributed by atoms with van der Waals surface area (Å²) in [6.45, 7) is 0. The smallest absolute Gasteiger partial charge is 0.335 e. The summed E-state index contributed by atoms with van der Waals surface area (Å²) in [6.07, 6.45) is 0. The Morgan fingerprint density at radius 3 is 2.88 bits per heavy atom. The highest BCUT2D eigenvalue weighted by molar-refractivity contribution is 7.98. The Morgan fingerprint density at radius 2 is 2.00 bits per heavy atom. The van der Waals surface area contributed by atoms with E-state index in [4.69, 9.17) is 5.11 Å². The molecule has 0 aliphatic heterocycles. The maximum absolute atomic E-state index is 11.0. The molecule has 0 aliphatic carbocycles. The number of hydrogen-bond donors (Lipinski definition) is 2. The first-order valence-corrected chi connectivity index (χ1v) is 8.25. The number of H-pyrrole nitrogens is 1.